The van der Waals surface area contributed by atoms with E-state index in [2.05, 4.69) is 5.32 Å². The lowest BCUT2D eigenvalue weighted by Gasteiger charge is -2.12. The first-order valence-electron chi connectivity index (χ1n) is 5.91. The van der Waals surface area contributed by atoms with E-state index in [4.69, 9.17) is 5.73 Å². The minimum absolute atomic E-state index is 0.165. The fourth-order valence-electron chi connectivity index (χ4n) is 1.99. The average Bonchev–Trinajstić information content (AvgIpc) is 2.59. The largest absolute Gasteiger partial charge is 0.373 e. The molecule has 100 valence electrons. The number of imide groups is 1. The average molecular weight is 261 g/mol. The van der Waals surface area contributed by atoms with Crippen molar-refractivity contribution in [2.75, 3.05) is 12.4 Å². The molecule has 1 aromatic carbocycles. The minimum atomic E-state index is -0.514. The molecule has 6 heteroatoms. The van der Waals surface area contributed by atoms with E-state index in [1.807, 2.05) is 0 Å². The molecule has 0 radical (unpaired) electrons. The highest BCUT2D eigenvalue weighted by atomic mass is 16.2. The topological polar surface area (TPSA) is 92.5 Å². The van der Waals surface area contributed by atoms with Gasteiger partial charge in [-0.05, 0) is 17.7 Å². The van der Waals surface area contributed by atoms with Gasteiger partial charge in [-0.25, -0.2) is 0 Å². The predicted octanol–water partition coefficient (Wildman–Crippen LogP) is -0.116. The number of benzene rings is 1. The number of nitrogens with one attached hydrogen (secondary N) is 1. The van der Waals surface area contributed by atoms with Gasteiger partial charge in [-0.2, -0.15) is 0 Å². The molecule has 6 nitrogen and oxygen atoms in total. The number of nitrogens with zero attached hydrogens (tertiary/aromatic N) is 1. The Hall–Kier alpha value is -2.37. The quantitative estimate of drug-likeness (QED) is 0.739. The molecule has 0 spiro atoms. The van der Waals surface area contributed by atoms with Crippen LogP contribution in [0.2, 0.25) is 0 Å². The van der Waals surface area contributed by atoms with Crippen LogP contribution in [0.1, 0.15) is 12.0 Å². The van der Waals surface area contributed by atoms with Gasteiger partial charge in [0, 0.05) is 12.7 Å². The first kappa shape index (κ1) is 13.1. The van der Waals surface area contributed by atoms with Gasteiger partial charge in [-0.15, -0.1) is 0 Å². The number of rotatable bonds is 4. The monoisotopic (exact) mass is 261 g/mol. The summed E-state index contributed by atoms with van der Waals surface area (Å²) in [7, 11) is 1.47. The summed E-state index contributed by atoms with van der Waals surface area (Å²) in [6.45, 7) is 0. The van der Waals surface area contributed by atoms with Crippen LogP contribution in [0.3, 0.4) is 0 Å². The Morgan fingerprint density at radius 2 is 2.00 bits per heavy atom. The van der Waals surface area contributed by atoms with Gasteiger partial charge >= 0.3 is 0 Å². The Morgan fingerprint density at radius 3 is 2.47 bits per heavy atom. The van der Waals surface area contributed by atoms with Crippen LogP contribution in [0, 0.1) is 0 Å². The van der Waals surface area contributed by atoms with Crippen LogP contribution in [0.15, 0.2) is 24.3 Å². The maximum atomic E-state index is 11.7. The summed E-state index contributed by atoms with van der Waals surface area (Å²) in [6, 6.07) is 6.53. The lowest BCUT2D eigenvalue weighted by atomic mass is 10.1. The smallest absolute Gasteiger partial charge is 0.251 e. The Bertz CT molecular complexity index is 524. The number of carbonyl (C=O) groups excluding carboxylic acids is 3. The number of carbonyl (C=O) groups is 3. The third-order valence-electron chi connectivity index (χ3n) is 3.05. The molecule has 2 rings (SSSR count). The van der Waals surface area contributed by atoms with Crippen molar-refractivity contribution in [2.24, 2.45) is 5.73 Å². The van der Waals surface area contributed by atoms with E-state index >= 15 is 0 Å². The van der Waals surface area contributed by atoms with Crippen molar-refractivity contribution in [2.45, 2.75) is 18.9 Å². The maximum absolute atomic E-state index is 11.7. The Balaban J connectivity index is 2.02. The van der Waals surface area contributed by atoms with Crippen molar-refractivity contribution in [3.63, 3.8) is 0 Å². The summed E-state index contributed by atoms with van der Waals surface area (Å²) in [6.07, 6.45) is 0.349. The predicted molar refractivity (Wildman–Crippen MR) is 69.1 cm³/mol. The lowest BCUT2D eigenvalue weighted by molar-refractivity contribution is -0.136. The zero-order valence-corrected chi connectivity index (χ0v) is 10.6. The van der Waals surface area contributed by atoms with Crippen molar-refractivity contribution in [3.05, 3.63) is 29.8 Å². The van der Waals surface area contributed by atoms with Crippen LogP contribution in [-0.2, 0) is 20.8 Å². The fourth-order valence-corrected chi connectivity index (χ4v) is 1.99. The molecule has 0 aromatic heterocycles. The summed E-state index contributed by atoms with van der Waals surface area (Å²) in [4.78, 5) is 35.0. The second kappa shape index (κ2) is 5.09. The van der Waals surface area contributed by atoms with Gasteiger partial charge in [0.1, 0.15) is 6.04 Å². The molecule has 1 unspecified atom stereocenters. The van der Waals surface area contributed by atoms with E-state index in [1.54, 1.807) is 24.3 Å². The highest BCUT2D eigenvalue weighted by Crippen LogP contribution is 2.17. The number of anilines is 1. The summed E-state index contributed by atoms with van der Waals surface area (Å²) in [5, 5.41) is 3.00. The second-order valence-corrected chi connectivity index (χ2v) is 4.53. The molecule has 3 N–H and O–H groups in total. The third-order valence-corrected chi connectivity index (χ3v) is 3.05. The molecule has 1 fully saturated rings. The second-order valence-electron chi connectivity index (χ2n) is 4.53. The molecule has 3 amide bonds. The number of primary amides is 1. The lowest BCUT2D eigenvalue weighted by Crippen LogP contribution is -2.31. The molecular weight excluding hydrogens is 246 g/mol. The molecular formula is C13H15N3O3. The van der Waals surface area contributed by atoms with Gasteiger partial charge in [0.15, 0.2) is 0 Å². The van der Waals surface area contributed by atoms with Crippen molar-refractivity contribution >= 4 is 23.4 Å². The van der Waals surface area contributed by atoms with Crippen LogP contribution in [0.4, 0.5) is 5.69 Å². The molecule has 1 saturated heterocycles. The number of hydrogen-bond donors (Lipinski definition) is 2. The van der Waals surface area contributed by atoms with Gasteiger partial charge in [-0.3, -0.25) is 19.3 Å². The number of amides is 3. The molecule has 0 bridgehead atoms. The van der Waals surface area contributed by atoms with Crippen molar-refractivity contribution in [1.29, 1.82) is 0 Å². The standard InChI is InChI=1S/C13H15N3O3/c1-16-12(18)7-10(13(16)19)15-9-4-2-8(3-5-9)6-11(14)17/h2-5,10,15H,6-7H2,1H3,(H2,14,17). The van der Waals surface area contributed by atoms with Gasteiger partial charge < -0.3 is 11.1 Å². The SMILES string of the molecule is CN1C(=O)CC(Nc2ccc(CC(N)=O)cc2)C1=O. The first-order chi connectivity index (χ1) is 8.97. The Kier molecular flexibility index (Phi) is 3.50. The van der Waals surface area contributed by atoms with Crippen molar-refractivity contribution in [1.82, 2.24) is 4.90 Å². The normalized spacial score (nSPS) is 18.8. The molecule has 0 aliphatic carbocycles. The van der Waals surface area contributed by atoms with Crippen LogP contribution in [-0.4, -0.2) is 35.7 Å². The molecule has 1 heterocycles. The Morgan fingerprint density at radius 1 is 1.37 bits per heavy atom. The number of nitrogens with two attached hydrogens (primary N) is 1. The third kappa shape index (κ3) is 2.90. The molecule has 1 atom stereocenters. The number of likely N-dealkylation sites (tertiary alicyclic amines) is 1. The Labute approximate surface area is 110 Å². The number of likely N-dealkylation sites (N-methyl/N-ethyl adjacent to an activating group) is 1. The van der Waals surface area contributed by atoms with Gasteiger partial charge in [0.25, 0.3) is 5.91 Å². The summed E-state index contributed by atoms with van der Waals surface area (Å²) in [5.41, 5.74) is 6.64. The highest BCUT2D eigenvalue weighted by molar-refractivity contribution is 6.06. The first-order valence-corrected chi connectivity index (χ1v) is 5.91. The minimum Gasteiger partial charge on any atom is -0.373 e. The molecule has 1 aliphatic rings. The fraction of sp³-hybridized carbons (Fsp3) is 0.308. The van der Waals surface area contributed by atoms with E-state index in [0.717, 1.165) is 16.2 Å². The van der Waals surface area contributed by atoms with E-state index < -0.39 is 6.04 Å². The van der Waals surface area contributed by atoms with Crippen molar-refractivity contribution < 1.29 is 14.4 Å². The van der Waals surface area contributed by atoms with Crippen molar-refractivity contribution in [3.8, 4) is 0 Å². The van der Waals surface area contributed by atoms with Crippen LogP contribution < -0.4 is 11.1 Å². The van der Waals surface area contributed by atoms with Gasteiger partial charge in [0.2, 0.25) is 11.8 Å². The summed E-state index contributed by atoms with van der Waals surface area (Å²) < 4.78 is 0. The zero-order valence-electron chi connectivity index (χ0n) is 10.6. The molecule has 1 aromatic rings. The van der Waals surface area contributed by atoms with E-state index in [-0.39, 0.29) is 30.6 Å². The summed E-state index contributed by atoms with van der Waals surface area (Å²) in [5.74, 6) is -0.807. The zero-order chi connectivity index (χ0) is 14.0. The van der Waals surface area contributed by atoms with Gasteiger partial charge in [0.05, 0.1) is 12.8 Å². The van der Waals surface area contributed by atoms with Crippen LogP contribution in [0.5, 0.6) is 0 Å². The number of hydrogen-bond acceptors (Lipinski definition) is 4. The maximum Gasteiger partial charge on any atom is 0.251 e. The summed E-state index contributed by atoms with van der Waals surface area (Å²) >= 11 is 0. The van der Waals surface area contributed by atoms with Crippen LogP contribution in [0.25, 0.3) is 0 Å². The highest BCUT2D eigenvalue weighted by Gasteiger charge is 2.35. The van der Waals surface area contributed by atoms with Gasteiger partial charge in [-0.1, -0.05) is 12.1 Å². The molecule has 0 saturated carbocycles. The molecule has 1 aliphatic heterocycles. The van der Waals surface area contributed by atoms with Crippen LogP contribution >= 0.6 is 0 Å². The van der Waals surface area contributed by atoms with E-state index in [1.165, 1.54) is 7.05 Å². The van der Waals surface area contributed by atoms with E-state index in [0.29, 0.717) is 0 Å². The molecule has 19 heavy (non-hydrogen) atoms. The van der Waals surface area contributed by atoms with E-state index in [9.17, 15) is 14.4 Å².